The molecule has 1 aromatic carbocycles. The van der Waals surface area contributed by atoms with Gasteiger partial charge in [0.05, 0.1) is 14.2 Å². The van der Waals surface area contributed by atoms with Crippen LogP contribution < -0.4 is 10.2 Å². The molecule has 0 atom stereocenters. The summed E-state index contributed by atoms with van der Waals surface area (Å²) in [6.45, 7) is 0. The number of ether oxygens (including phenoxy) is 1. The molecule has 0 bridgehead atoms. The molecule has 3 heteroatoms. The maximum Gasteiger partial charge on any atom is 0.144 e. The van der Waals surface area contributed by atoms with Crippen LogP contribution in [0.1, 0.15) is 0 Å². The predicted molar refractivity (Wildman–Crippen MR) is 43.6 cm³/mol. The van der Waals surface area contributed by atoms with Gasteiger partial charge in [-0.25, -0.2) is 0 Å². The van der Waals surface area contributed by atoms with Crippen LogP contribution in [0.15, 0.2) is 24.3 Å². The molecular formula is C8H11NO2. The zero-order valence-corrected chi connectivity index (χ0v) is 6.63. The molecule has 0 fully saturated rings. The lowest BCUT2D eigenvalue weighted by Gasteiger charge is -2.07. The van der Waals surface area contributed by atoms with Crippen LogP contribution in [0.25, 0.3) is 0 Å². The highest BCUT2D eigenvalue weighted by Crippen LogP contribution is 2.22. The third-order valence-corrected chi connectivity index (χ3v) is 1.32. The third-order valence-electron chi connectivity index (χ3n) is 1.32. The van der Waals surface area contributed by atoms with Gasteiger partial charge in [-0.2, -0.15) is 0 Å². The Morgan fingerprint density at radius 1 is 1.18 bits per heavy atom. The minimum atomic E-state index is 0.773. The second-order valence-electron chi connectivity index (χ2n) is 2.01. The quantitative estimate of drug-likeness (QED) is 0.670. The molecule has 0 aliphatic heterocycles. The van der Waals surface area contributed by atoms with E-state index in [9.17, 15) is 0 Å². The molecule has 60 valence electrons. The van der Waals surface area contributed by atoms with Crippen molar-refractivity contribution in [3.63, 3.8) is 0 Å². The van der Waals surface area contributed by atoms with Crippen molar-refractivity contribution in [3.8, 4) is 5.75 Å². The van der Waals surface area contributed by atoms with Crippen molar-refractivity contribution in [2.45, 2.75) is 0 Å². The summed E-state index contributed by atoms with van der Waals surface area (Å²) in [5, 5.41) is 0. The van der Waals surface area contributed by atoms with E-state index in [1.165, 1.54) is 0 Å². The number of nitrogens with one attached hydrogen (secondary N) is 1. The monoisotopic (exact) mass is 153 g/mol. The van der Waals surface area contributed by atoms with E-state index < -0.39 is 0 Å². The fourth-order valence-corrected chi connectivity index (χ4v) is 0.839. The average Bonchev–Trinajstić information content (AvgIpc) is 2.06. The molecule has 0 aliphatic rings. The molecule has 1 aromatic rings. The van der Waals surface area contributed by atoms with Crippen molar-refractivity contribution in [1.29, 1.82) is 0 Å². The maximum absolute atomic E-state index is 5.06. The van der Waals surface area contributed by atoms with Crippen LogP contribution in [-0.2, 0) is 4.84 Å². The van der Waals surface area contributed by atoms with Crippen molar-refractivity contribution in [3.05, 3.63) is 24.3 Å². The molecule has 1 rings (SSSR count). The van der Waals surface area contributed by atoms with E-state index in [4.69, 9.17) is 9.57 Å². The first-order valence-electron chi connectivity index (χ1n) is 3.30. The number of hydrogen-bond acceptors (Lipinski definition) is 3. The predicted octanol–water partition coefficient (Wildman–Crippen LogP) is 1.67. The highest BCUT2D eigenvalue weighted by Gasteiger charge is 1.97. The molecule has 0 saturated heterocycles. The first-order chi connectivity index (χ1) is 5.38. The van der Waals surface area contributed by atoms with E-state index in [1.807, 2.05) is 24.3 Å². The molecule has 0 amide bonds. The summed E-state index contributed by atoms with van der Waals surface area (Å²) in [6.07, 6.45) is 0. The highest BCUT2D eigenvalue weighted by atomic mass is 16.6. The molecule has 0 unspecified atom stereocenters. The molecule has 0 heterocycles. The molecule has 11 heavy (non-hydrogen) atoms. The Hall–Kier alpha value is -1.22. The summed E-state index contributed by atoms with van der Waals surface area (Å²) in [6, 6.07) is 7.55. The van der Waals surface area contributed by atoms with Crippen molar-refractivity contribution < 1.29 is 9.57 Å². The SMILES string of the molecule is CONc1ccccc1OC. The topological polar surface area (TPSA) is 30.5 Å². The van der Waals surface area contributed by atoms with E-state index in [2.05, 4.69) is 5.48 Å². The first-order valence-corrected chi connectivity index (χ1v) is 3.30. The van der Waals surface area contributed by atoms with Crippen LogP contribution in [0, 0.1) is 0 Å². The standard InChI is InChI=1S/C8H11NO2/c1-10-8-6-4-3-5-7(8)9-11-2/h3-6,9H,1-2H3. The summed E-state index contributed by atoms with van der Waals surface area (Å²) in [5.41, 5.74) is 3.53. The Morgan fingerprint density at radius 3 is 2.55 bits per heavy atom. The number of rotatable bonds is 3. The summed E-state index contributed by atoms with van der Waals surface area (Å²) >= 11 is 0. The number of anilines is 1. The Bertz CT molecular complexity index is 225. The van der Waals surface area contributed by atoms with Crippen molar-refractivity contribution >= 4 is 5.69 Å². The van der Waals surface area contributed by atoms with E-state index in [-0.39, 0.29) is 0 Å². The van der Waals surface area contributed by atoms with Crippen LogP contribution in [0.3, 0.4) is 0 Å². The number of para-hydroxylation sites is 2. The molecule has 1 N–H and O–H groups in total. The normalized spacial score (nSPS) is 9.27. The fraction of sp³-hybridized carbons (Fsp3) is 0.250. The number of benzene rings is 1. The Labute approximate surface area is 65.9 Å². The van der Waals surface area contributed by atoms with Gasteiger partial charge in [0.1, 0.15) is 11.4 Å². The molecule has 0 saturated carbocycles. The van der Waals surface area contributed by atoms with Gasteiger partial charge in [0.2, 0.25) is 0 Å². The lowest BCUT2D eigenvalue weighted by molar-refractivity contribution is 0.268. The highest BCUT2D eigenvalue weighted by molar-refractivity contribution is 5.54. The number of hydrogen-bond donors (Lipinski definition) is 1. The Balaban J connectivity index is 2.83. The van der Waals surface area contributed by atoms with Crippen LogP contribution >= 0.6 is 0 Å². The second-order valence-corrected chi connectivity index (χ2v) is 2.01. The zero-order chi connectivity index (χ0) is 8.10. The first kappa shape index (κ1) is 7.88. The summed E-state index contributed by atoms with van der Waals surface area (Å²) in [4.78, 5) is 4.74. The van der Waals surface area contributed by atoms with E-state index in [0.29, 0.717) is 0 Å². The zero-order valence-electron chi connectivity index (χ0n) is 6.63. The third kappa shape index (κ3) is 1.85. The Kier molecular flexibility index (Phi) is 2.74. The lowest BCUT2D eigenvalue weighted by Crippen LogP contribution is -1.97. The van der Waals surface area contributed by atoms with Gasteiger partial charge in [0.15, 0.2) is 0 Å². The maximum atomic E-state index is 5.06. The summed E-state index contributed by atoms with van der Waals surface area (Å²) in [7, 11) is 3.18. The molecule has 0 radical (unpaired) electrons. The van der Waals surface area contributed by atoms with Crippen molar-refractivity contribution in [1.82, 2.24) is 0 Å². The van der Waals surface area contributed by atoms with Gasteiger partial charge in [-0.1, -0.05) is 12.1 Å². The van der Waals surface area contributed by atoms with Gasteiger partial charge in [-0.3, -0.25) is 10.3 Å². The lowest BCUT2D eigenvalue weighted by atomic mass is 10.3. The van der Waals surface area contributed by atoms with Crippen molar-refractivity contribution in [2.75, 3.05) is 19.7 Å². The number of methoxy groups -OCH3 is 1. The summed E-state index contributed by atoms with van der Waals surface area (Å²) in [5.74, 6) is 0.773. The van der Waals surface area contributed by atoms with Gasteiger partial charge in [-0.05, 0) is 12.1 Å². The van der Waals surface area contributed by atoms with Gasteiger partial charge < -0.3 is 4.74 Å². The van der Waals surface area contributed by atoms with E-state index in [1.54, 1.807) is 14.2 Å². The van der Waals surface area contributed by atoms with Crippen LogP contribution in [0.2, 0.25) is 0 Å². The molecule has 0 aromatic heterocycles. The molecule has 0 aliphatic carbocycles. The van der Waals surface area contributed by atoms with Gasteiger partial charge in [0, 0.05) is 0 Å². The molecular weight excluding hydrogens is 142 g/mol. The van der Waals surface area contributed by atoms with E-state index >= 15 is 0 Å². The summed E-state index contributed by atoms with van der Waals surface area (Å²) < 4.78 is 5.06. The molecule has 0 spiro atoms. The minimum absolute atomic E-state index is 0.773. The van der Waals surface area contributed by atoms with Crippen LogP contribution in [0.5, 0.6) is 5.75 Å². The van der Waals surface area contributed by atoms with Crippen molar-refractivity contribution in [2.24, 2.45) is 0 Å². The van der Waals surface area contributed by atoms with Crippen LogP contribution in [-0.4, -0.2) is 14.2 Å². The largest absolute Gasteiger partial charge is 0.495 e. The van der Waals surface area contributed by atoms with E-state index in [0.717, 1.165) is 11.4 Å². The van der Waals surface area contributed by atoms with Crippen LogP contribution in [0.4, 0.5) is 5.69 Å². The average molecular weight is 153 g/mol. The smallest absolute Gasteiger partial charge is 0.144 e. The fourth-order valence-electron chi connectivity index (χ4n) is 0.839. The Morgan fingerprint density at radius 2 is 1.91 bits per heavy atom. The van der Waals surface area contributed by atoms with Gasteiger partial charge in [-0.15, -0.1) is 0 Å². The second kappa shape index (κ2) is 3.83. The van der Waals surface area contributed by atoms with Gasteiger partial charge in [0.25, 0.3) is 0 Å². The van der Waals surface area contributed by atoms with Gasteiger partial charge >= 0.3 is 0 Å². The molecule has 3 nitrogen and oxygen atoms in total. The minimum Gasteiger partial charge on any atom is -0.495 e.